The van der Waals surface area contributed by atoms with Crippen LogP contribution in [0.15, 0.2) is 18.3 Å². The molecule has 1 aromatic heterocycles. The Hall–Kier alpha value is -1.66. The molecule has 1 aliphatic rings. The molecule has 0 saturated carbocycles. The average Bonchev–Trinajstić information content (AvgIpc) is 2.84. The molecular formula is C14H18ClN3O3. The van der Waals surface area contributed by atoms with Crippen LogP contribution in [0, 0.1) is 5.92 Å². The predicted octanol–water partition coefficient (Wildman–Crippen LogP) is 1.56. The molecule has 1 N–H and O–H groups in total. The van der Waals surface area contributed by atoms with E-state index in [2.05, 4.69) is 10.3 Å². The fourth-order valence-corrected chi connectivity index (χ4v) is 2.45. The molecule has 2 rings (SSSR count). The number of hydrogen-bond donors (Lipinski definition) is 1. The number of hydrogen-bond acceptors (Lipinski definition) is 4. The molecule has 21 heavy (non-hydrogen) atoms. The average molecular weight is 312 g/mol. The van der Waals surface area contributed by atoms with E-state index >= 15 is 0 Å². The number of ether oxygens (including phenoxy) is 1. The molecule has 6 nitrogen and oxygen atoms in total. The molecule has 1 saturated heterocycles. The van der Waals surface area contributed by atoms with E-state index in [0.717, 1.165) is 0 Å². The normalized spacial score (nSPS) is 19.7. The number of rotatable bonds is 5. The first-order chi connectivity index (χ1) is 10.0. The number of carbonyl (C=O) groups excluding carboxylic acids is 2. The molecule has 2 amide bonds. The summed E-state index contributed by atoms with van der Waals surface area (Å²) in [6, 6.07) is 3.24. The van der Waals surface area contributed by atoms with E-state index < -0.39 is 0 Å². The highest BCUT2D eigenvalue weighted by atomic mass is 35.5. The molecule has 2 atom stereocenters. The first-order valence-corrected chi connectivity index (χ1v) is 7.10. The molecule has 1 aliphatic heterocycles. The van der Waals surface area contributed by atoms with Crippen LogP contribution in [0.3, 0.4) is 0 Å². The molecule has 2 heterocycles. The number of amides is 2. The number of carbonyl (C=O) groups is 2. The molecule has 0 bridgehead atoms. The predicted molar refractivity (Wildman–Crippen MR) is 79.0 cm³/mol. The van der Waals surface area contributed by atoms with Crippen molar-refractivity contribution in [3.63, 3.8) is 0 Å². The highest BCUT2D eigenvalue weighted by Crippen LogP contribution is 2.22. The Balaban J connectivity index is 1.95. The Labute approximate surface area is 128 Å². The summed E-state index contributed by atoms with van der Waals surface area (Å²) in [5.41, 5.74) is 0. The van der Waals surface area contributed by atoms with Crippen molar-refractivity contribution in [1.29, 1.82) is 0 Å². The van der Waals surface area contributed by atoms with Crippen LogP contribution in [0.25, 0.3) is 0 Å². The van der Waals surface area contributed by atoms with Crippen LogP contribution in [0.4, 0.5) is 5.82 Å². The molecule has 114 valence electrons. The highest BCUT2D eigenvalue weighted by Gasteiger charge is 2.36. The summed E-state index contributed by atoms with van der Waals surface area (Å²) in [6.45, 7) is 2.77. The summed E-state index contributed by atoms with van der Waals surface area (Å²) in [7, 11) is 1.59. The van der Waals surface area contributed by atoms with Gasteiger partial charge in [0.05, 0.1) is 23.6 Å². The van der Waals surface area contributed by atoms with Crippen LogP contribution < -0.4 is 5.32 Å². The van der Waals surface area contributed by atoms with Gasteiger partial charge in [-0.25, -0.2) is 4.98 Å². The fourth-order valence-electron chi connectivity index (χ4n) is 2.34. The molecule has 0 unspecified atom stereocenters. The number of halogens is 1. The van der Waals surface area contributed by atoms with E-state index in [-0.39, 0.29) is 30.2 Å². The van der Waals surface area contributed by atoms with Crippen molar-refractivity contribution in [3.05, 3.63) is 23.4 Å². The van der Waals surface area contributed by atoms with Gasteiger partial charge >= 0.3 is 0 Å². The summed E-state index contributed by atoms with van der Waals surface area (Å²) >= 11 is 5.74. The first kappa shape index (κ1) is 15.7. The minimum Gasteiger partial charge on any atom is -0.383 e. The van der Waals surface area contributed by atoms with Crippen LogP contribution in [-0.4, -0.2) is 48.0 Å². The first-order valence-electron chi connectivity index (χ1n) is 6.72. The molecule has 7 heteroatoms. The third kappa shape index (κ3) is 3.92. The largest absolute Gasteiger partial charge is 0.383 e. The molecule has 1 aromatic rings. The maximum atomic E-state index is 12.2. The Morgan fingerprint density at radius 1 is 1.62 bits per heavy atom. The van der Waals surface area contributed by atoms with Crippen molar-refractivity contribution in [1.82, 2.24) is 9.88 Å². The molecular weight excluding hydrogens is 294 g/mol. The van der Waals surface area contributed by atoms with Crippen molar-refractivity contribution in [2.24, 2.45) is 5.92 Å². The van der Waals surface area contributed by atoms with E-state index in [1.807, 2.05) is 6.92 Å². The maximum Gasteiger partial charge on any atom is 0.230 e. The Kier molecular flexibility index (Phi) is 5.14. The topological polar surface area (TPSA) is 71.5 Å². The van der Waals surface area contributed by atoms with E-state index in [4.69, 9.17) is 16.3 Å². The molecule has 0 aliphatic carbocycles. The van der Waals surface area contributed by atoms with Gasteiger partial charge in [-0.15, -0.1) is 0 Å². The number of methoxy groups -OCH3 is 1. The zero-order chi connectivity index (χ0) is 15.4. The minimum absolute atomic E-state index is 0.0243. The van der Waals surface area contributed by atoms with Crippen molar-refractivity contribution in [2.45, 2.75) is 19.4 Å². The quantitative estimate of drug-likeness (QED) is 0.895. The van der Waals surface area contributed by atoms with Gasteiger partial charge in [0, 0.05) is 26.3 Å². The van der Waals surface area contributed by atoms with Crippen molar-refractivity contribution < 1.29 is 14.3 Å². The summed E-state index contributed by atoms with van der Waals surface area (Å²) in [5, 5.41) is 3.21. The summed E-state index contributed by atoms with van der Waals surface area (Å²) in [5.74, 6) is -0.163. The number of pyridine rings is 1. The molecule has 0 aromatic carbocycles. The Bertz CT molecular complexity index is 521. The lowest BCUT2D eigenvalue weighted by Crippen LogP contribution is -2.38. The number of aromatic nitrogens is 1. The Morgan fingerprint density at radius 2 is 2.38 bits per heavy atom. The van der Waals surface area contributed by atoms with Gasteiger partial charge in [0.1, 0.15) is 5.82 Å². The van der Waals surface area contributed by atoms with Crippen molar-refractivity contribution in [3.8, 4) is 0 Å². The highest BCUT2D eigenvalue weighted by molar-refractivity contribution is 6.30. The van der Waals surface area contributed by atoms with Gasteiger partial charge in [-0.3, -0.25) is 9.59 Å². The van der Waals surface area contributed by atoms with Gasteiger partial charge in [-0.05, 0) is 19.1 Å². The smallest absolute Gasteiger partial charge is 0.230 e. The van der Waals surface area contributed by atoms with Crippen molar-refractivity contribution >= 4 is 29.2 Å². The third-order valence-corrected chi connectivity index (χ3v) is 3.67. The lowest BCUT2D eigenvalue weighted by molar-refractivity contribution is -0.130. The summed E-state index contributed by atoms with van der Waals surface area (Å²) in [6.07, 6.45) is 1.68. The van der Waals surface area contributed by atoms with Crippen LogP contribution >= 0.6 is 11.6 Å². The monoisotopic (exact) mass is 311 g/mol. The fraction of sp³-hybridized carbons (Fsp3) is 0.500. The number of likely N-dealkylation sites (tertiary alicyclic amines) is 1. The summed E-state index contributed by atoms with van der Waals surface area (Å²) in [4.78, 5) is 29.8. The number of anilines is 1. The second-order valence-electron chi connectivity index (χ2n) is 5.10. The van der Waals surface area contributed by atoms with Crippen LogP contribution in [0.2, 0.25) is 5.02 Å². The second kappa shape index (κ2) is 6.87. The van der Waals surface area contributed by atoms with E-state index in [1.165, 1.54) is 6.20 Å². The Morgan fingerprint density at radius 3 is 3.00 bits per heavy atom. The number of nitrogens with one attached hydrogen (secondary N) is 1. The third-order valence-electron chi connectivity index (χ3n) is 3.45. The lowest BCUT2D eigenvalue weighted by Gasteiger charge is -2.23. The second-order valence-corrected chi connectivity index (χ2v) is 5.54. The van der Waals surface area contributed by atoms with E-state index in [9.17, 15) is 9.59 Å². The van der Waals surface area contributed by atoms with Gasteiger partial charge in [0.2, 0.25) is 11.8 Å². The SMILES string of the molecule is COC[C@H](C)N1C[C@@H](C(=O)Nc2ccc(Cl)cn2)CC1=O. The molecule has 1 fully saturated rings. The number of nitrogens with zero attached hydrogens (tertiary/aromatic N) is 2. The zero-order valence-corrected chi connectivity index (χ0v) is 12.8. The van der Waals surface area contributed by atoms with Gasteiger partial charge < -0.3 is 15.0 Å². The zero-order valence-electron chi connectivity index (χ0n) is 12.0. The van der Waals surface area contributed by atoms with Gasteiger partial charge in [0.25, 0.3) is 0 Å². The minimum atomic E-state index is -0.366. The van der Waals surface area contributed by atoms with E-state index in [0.29, 0.717) is 24.0 Å². The lowest BCUT2D eigenvalue weighted by atomic mass is 10.1. The van der Waals surface area contributed by atoms with Gasteiger partial charge in [0.15, 0.2) is 0 Å². The van der Waals surface area contributed by atoms with Crippen LogP contribution in [0.1, 0.15) is 13.3 Å². The maximum absolute atomic E-state index is 12.2. The summed E-state index contributed by atoms with van der Waals surface area (Å²) < 4.78 is 5.05. The standard InChI is InChI=1S/C14H18ClN3O3/c1-9(8-21-2)18-7-10(5-13(18)19)14(20)17-12-4-3-11(15)6-16-12/h3-4,6,9-10H,5,7-8H2,1-2H3,(H,16,17,20)/t9-,10-/m0/s1. The van der Waals surface area contributed by atoms with E-state index in [1.54, 1.807) is 24.1 Å². The molecule has 0 spiro atoms. The van der Waals surface area contributed by atoms with Crippen molar-refractivity contribution in [2.75, 3.05) is 25.6 Å². The van der Waals surface area contributed by atoms with Gasteiger partial charge in [-0.2, -0.15) is 0 Å². The van der Waals surface area contributed by atoms with Crippen LogP contribution in [0.5, 0.6) is 0 Å². The molecule has 0 radical (unpaired) electrons. The van der Waals surface area contributed by atoms with Gasteiger partial charge in [-0.1, -0.05) is 11.6 Å². The van der Waals surface area contributed by atoms with Crippen LogP contribution in [-0.2, 0) is 14.3 Å².